The summed E-state index contributed by atoms with van der Waals surface area (Å²) in [6.07, 6.45) is 1.40. The second-order valence-corrected chi connectivity index (χ2v) is 4.02. The Balaban J connectivity index is 2.71. The maximum absolute atomic E-state index is 11.0. The Hall–Kier alpha value is -1.81. The van der Waals surface area contributed by atoms with Crippen LogP contribution in [0, 0.1) is 6.92 Å². The van der Waals surface area contributed by atoms with Gasteiger partial charge in [-0.05, 0) is 32.1 Å². The number of methoxy groups -OCH3 is 1. The molecule has 0 radical (unpaired) electrons. The van der Waals surface area contributed by atoms with E-state index in [1.165, 1.54) is 19.3 Å². The van der Waals surface area contributed by atoms with Gasteiger partial charge in [-0.3, -0.25) is 0 Å². The van der Waals surface area contributed by atoms with Crippen LogP contribution >= 0.6 is 0 Å². The Labute approximate surface area is 107 Å². The summed E-state index contributed by atoms with van der Waals surface area (Å²) in [6.45, 7) is 3.58. The standard InChI is InChI=1S/C14H18O4/c1-10-4-6-12(7-5-10)18-13(11(2)15)8-9-14(16)17-3/h4-9,11,13,15H,1-3H3/b9-8+. The molecule has 0 fully saturated rings. The van der Waals surface area contributed by atoms with Gasteiger partial charge in [0.1, 0.15) is 11.9 Å². The van der Waals surface area contributed by atoms with E-state index in [0.717, 1.165) is 5.56 Å². The van der Waals surface area contributed by atoms with Crippen LogP contribution < -0.4 is 4.74 Å². The van der Waals surface area contributed by atoms with Crippen LogP contribution in [-0.4, -0.2) is 30.4 Å². The minimum atomic E-state index is -0.729. The first-order valence-corrected chi connectivity index (χ1v) is 5.70. The van der Waals surface area contributed by atoms with Gasteiger partial charge in [-0.15, -0.1) is 0 Å². The third-order valence-electron chi connectivity index (χ3n) is 2.39. The molecular formula is C14H18O4. The molecule has 0 saturated carbocycles. The second-order valence-electron chi connectivity index (χ2n) is 4.02. The van der Waals surface area contributed by atoms with E-state index in [9.17, 15) is 9.90 Å². The van der Waals surface area contributed by atoms with Crippen LogP contribution in [0.1, 0.15) is 12.5 Å². The van der Waals surface area contributed by atoms with E-state index in [4.69, 9.17) is 4.74 Å². The number of hydrogen-bond donors (Lipinski definition) is 1. The van der Waals surface area contributed by atoms with E-state index >= 15 is 0 Å². The summed E-state index contributed by atoms with van der Waals surface area (Å²) in [5.41, 5.74) is 1.13. The predicted octanol–water partition coefficient (Wildman–Crippen LogP) is 1.85. The Morgan fingerprint density at radius 3 is 2.44 bits per heavy atom. The number of carbonyl (C=O) groups is 1. The predicted molar refractivity (Wildman–Crippen MR) is 68.4 cm³/mol. The number of benzene rings is 1. The van der Waals surface area contributed by atoms with Crippen molar-refractivity contribution in [1.82, 2.24) is 0 Å². The van der Waals surface area contributed by atoms with Gasteiger partial charge in [0, 0.05) is 6.08 Å². The number of rotatable bonds is 5. The van der Waals surface area contributed by atoms with Gasteiger partial charge in [0.05, 0.1) is 13.2 Å². The highest BCUT2D eigenvalue weighted by Crippen LogP contribution is 2.15. The van der Waals surface area contributed by atoms with E-state index in [1.54, 1.807) is 6.92 Å². The number of aliphatic hydroxyl groups excluding tert-OH is 1. The molecule has 0 aromatic heterocycles. The molecule has 2 atom stereocenters. The highest BCUT2D eigenvalue weighted by molar-refractivity contribution is 5.81. The van der Waals surface area contributed by atoms with E-state index in [2.05, 4.69) is 4.74 Å². The van der Waals surface area contributed by atoms with Crippen LogP contribution in [0.4, 0.5) is 0 Å². The molecule has 98 valence electrons. The SMILES string of the molecule is COC(=O)/C=C/C(Oc1ccc(C)cc1)C(C)O. The fraction of sp³-hybridized carbons (Fsp3) is 0.357. The van der Waals surface area contributed by atoms with Gasteiger partial charge in [0.15, 0.2) is 0 Å². The molecule has 0 amide bonds. The molecule has 1 N–H and O–H groups in total. The molecule has 0 spiro atoms. The molecule has 0 saturated heterocycles. The topological polar surface area (TPSA) is 55.8 Å². The smallest absolute Gasteiger partial charge is 0.330 e. The summed E-state index contributed by atoms with van der Waals surface area (Å²) in [6, 6.07) is 7.46. The molecule has 0 aliphatic heterocycles. The molecule has 4 heteroatoms. The van der Waals surface area contributed by atoms with Crippen molar-refractivity contribution in [3.05, 3.63) is 42.0 Å². The summed E-state index contributed by atoms with van der Waals surface area (Å²) in [5.74, 6) is 0.161. The summed E-state index contributed by atoms with van der Waals surface area (Å²) in [7, 11) is 1.30. The van der Waals surface area contributed by atoms with Crippen molar-refractivity contribution < 1.29 is 19.4 Å². The third-order valence-corrected chi connectivity index (χ3v) is 2.39. The zero-order valence-corrected chi connectivity index (χ0v) is 10.8. The summed E-state index contributed by atoms with van der Waals surface area (Å²) >= 11 is 0. The molecule has 1 rings (SSSR count). The highest BCUT2D eigenvalue weighted by Gasteiger charge is 2.14. The lowest BCUT2D eigenvalue weighted by Crippen LogP contribution is -2.27. The number of esters is 1. The molecule has 0 aliphatic rings. The molecule has 0 aliphatic carbocycles. The molecule has 1 aromatic rings. The maximum atomic E-state index is 11.0. The van der Waals surface area contributed by atoms with Crippen LogP contribution in [0.3, 0.4) is 0 Å². The Morgan fingerprint density at radius 2 is 1.94 bits per heavy atom. The minimum absolute atomic E-state index is 0.479. The van der Waals surface area contributed by atoms with Crippen LogP contribution in [0.5, 0.6) is 5.75 Å². The number of hydrogen-bond acceptors (Lipinski definition) is 4. The first kappa shape index (κ1) is 14.3. The zero-order chi connectivity index (χ0) is 13.5. The van der Waals surface area contributed by atoms with E-state index < -0.39 is 18.2 Å². The molecular weight excluding hydrogens is 232 g/mol. The molecule has 0 bridgehead atoms. The number of ether oxygens (including phenoxy) is 2. The van der Waals surface area contributed by atoms with Gasteiger partial charge >= 0.3 is 5.97 Å². The summed E-state index contributed by atoms with van der Waals surface area (Å²) in [5, 5.41) is 9.59. The van der Waals surface area contributed by atoms with Gasteiger partial charge in [0.25, 0.3) is 0 Å². The largest absolute Gasteiger partial charge is 0.484 e. The lowest BCUT2D eigenvalue weighted by atomic mass is 10.2. The fourth-order valence-corrected chi connectivity index (χ4v) is 1.31. The molecule has 2 unspecified atom stereocenters. The van der Waals surface area contributed by atoms with Gasteiger partial charge in [0.2, 0.25) is 0 Å². The summed E-state index contributed by atoms with van der Waals surface area (Å²) < 4.78 is 10.1. The number of aliphatic hydroxyl groups is 1. The van der Waals surface area contributed by atoms with Crippen molar-refractivity contribution in [1.29, 1.82) is 0 Å². The van der Waals surface area contributed by atoms with Crippen LogP contribution in [-0.2, 0) is 9.53 Å². The number of aryl methyl sites for hydroxylation is 1. The van der Waals surface area contributed by atoms with E-state index in [0.29, 0.717) is 5.75 Å². The molecule has 4 nitrogen and oxygen atoms in total. The highest BCUT2D eigenvalue weighted by atomic mass is 16.5. The number of carbonyl (C=O) groups excluding carboxylic acids is 1. The monoisotopic (exact) mass is 250 g/mol. The van der Waals surface area contributed by atoms with Crippen molar-refractivity contribution in [2.75, 3.05) is 7.11 Å². The van der Waals surface area contributed by atoms with Crippen molar-refractivity contribution in [3.8, 4) is 5.75 Å². The lowest BCUT2D eigenvalue weighted by Gasteiger charge is -2.18. The van der Waals surface area contributed by atoms with Gasteiger partial charge in [-0.2, -0.15) is 0 Å². The average molecular weight is 250 g/mol. The van der Waals surface area contributed by atoms with Crippen molar-refractivity contribution >= 4 is 5.97 Å². The zero-order valence-electron chi connectivity index (χ0n) is 10.8. The molecule has 0 heterocycles. The lowest BCUT2D eigenvalue weighted by molar-refractivity contribution is -0.134. The van der Waals surface area contributed by atoms with Crippen LogP contribution in [0.2, 0.25) is 0 Å². The third kappa shape index (κ3) is 4.59. The van der Waals surface area contributed by atoms with Gasteiger partial charge in [-0.25, -0.2) is 4.79 Å². The quantitative estimate of drug-likeness (QED) is 0.640. The normalized spacial score (nSPS) is 14.2. The first-order valence-electron chi connectivity index (χ1n) is 5.70. The Kier molecular flexibility index (Phi) is 5.39. The van der Waals surface area contributed by atoms with Crippen molar-refractivity contribution in [2.45, 2.75) is 26.1 Å². The second kappa shape index (κ2) is 6.81. The fourth-order valence-electron chi connectivity index (χ4n) is 1.31. The van der Waals surface area contributed by atoms with Crippen molar-refractivity contribution in [3.63, 3.8) is 0 Å². The first-order chi connectivity index (χ1) is 8.52. The molecule has 18 heavy (non-hydrogen) atoms. The van der Waals surface area contributed by atoms with Gasteiger partial charge < -0.3 is 14.6 Å². The summed E-state index contributed by atoms with van der Waals surface area (Å²) in [4.78, 5) is 11.0. The van der Waals surface area contributed by atoms with E-state index in [1.807, 2.05) is 31.2 Å². The average Bonchev–Trinajstić information content (AvgIpc) is 2.35. The van der Waals surface area contributed by atoms with E-state index in [-0.39, 0.29) is 0 Å². The van der Waals surface area contributed by atoms with Crippen LogP contribution in [0.25, 0.3) is 0 Å². The van der Waals surface area contributed by atoms with Gasteiger partial charge in [-0.1, -0.05) is 17.7 Å². The Bertz CT molecular complexity index is 406. The molecule has 1 aromatic carbocycles. The Morgan fingerprint density at radius 1 is 1.33 bits per heavy atom. The minimum Gasteiger partial charge on any atom is -0.484 e. The van der Waals surface area contributed by atoms with Crippen LogP contribution in [0.15, 0.2) is 36.4 Å². The van der Waals surface area contributed by atoms with Crippen molar-refractivity contribution in [2.24, 2.45) is 0 Å². The maximum Gasteiger partial charge on any atom is 0.330 e.